The van der Waals surface area contributed by atoms with Crippen LogP contribution in [0.4, 0.5) is 13.2 Å². The molecule has 1 aliphatic heterocycles. The lowest BCUT2D eigenvalue weighted by atomic mass is 10.1. The Balaban J connectivity index is 1.41. The van der Waals surface area contributed by atoms with Crippen LogP contribution in [0.15, 0.2) is 54.7 Å². The van der Waals surface area contributed by atoms with E-state index < -0.39 is 11.7 Å². The second kappa shape index (κ2) is 9.99. The van der Waals surface area contributed by atoms with Gasteiger partial charge in [0.25, 0.3) is 5.91 Å². The number of nitrogens with zero attached hydrogens (tertiary/aromatic N) is 3. The van der Waals surface area contributed by atoms with Gasteiger partial charge in [-0.15, -0.1) is 0 Å². The minimum atomic E-state index is -4.45. The maximum Gasteiger partial charge on any atom is 0.416 e. The highest BCUT2D eigenvalue weighted by atomic mass is 19.4. The van der Waals surface area contributed by atoms with Crippen molar-refractivity contribution in [2.75, 3.05) is 19.7 Å². The largest absolute Gasteiger partial charge is 0.416 e. The number of hydrogen-bond donors (Lipinski definition) is 1. The lowest BCUT2D eigenvalue weighted by molar-refractivity contribution is -0.137. The Morgan fingerprint density at radius 2 is 1.94 bits per heavy atom. The summed E-state index contributed by atoms with van der Waals surface area (Å²) in [5, 5.41) is 7.03. The molecule has 0 bridgehead atoms. The molecule has 1 atom stereocenters. The summed E-state index contributed by atoms with van der Waals surface area (Å²) in [6.07, 6.45) is -2.86. The van der Waals surface area contributed by atoms with Gasteiger partial charge in [-0.25, -0.2) is 4.68 Å². The van der Waals surface area contributed by atoms with Crippen molar-refractivity contribution in [3.63, 3.8) is 0 Å². The lowest BCUT2D eigenvalue weighted by Crippen LogP contribution is -2.40. The van der Waals surface area contributed by atoms with Gasteiger partial charge in [0.1, 0.15) is 0 Å². The topological polar surface area (TPSA) is 59.4 Å². The van der Waals surface area contributed by atoms with Crippen LogP contribution >= 0.6 is 0 Å². The first-order valence-corrected chi connectivity index (χ1v) is 11.1. The van der Waals surface area contributed by atoms with Gasteiger partial charge >= 0.3 is 6.18 Å². The molecule has 1 fully saturated rings. The normalized spacial score (nSPS) is 17.0. The number of aromatic nitrogens is 2. The molecule has 0 saturated carbocycles. The molecule has 9 heteroatoms. The first kappa shape index (κ1) is 24.0. The van der Waals surface area contributed by atoms with E-state index in [0.717, 1.165) is 49.5 Å². The van der Waals surface area contributed by atoms with Gasteiger partial charge < -0.3 is 10.1 Å². The molecule has 1 aliphatic rings. The molecule has 1 amide bonds. The predicted molar refractivity (Wildman–Crippen MR) is 122 cm³/mol. The minimum absolute atomic E-state index is 0.219. The number of ether oxygens (including phenoxy) is 1. The zero-order valence-electron chi connectivity index (χ0n) is 19.1. The summed E-state index contributed by atoms with van der Waals surface area (Å²) in [5.41, 5.74) is 2.39. The summed E-state index contributed by atoms with van der Waals surface area (Å²) in [6, 6.07) is 12.9. The molecule has 0 aliphatic carbocycles. The number of benzene rings is 2. The second-order valence-electron chi connectivity index (χ2n) is 8.52. The summed E-state index contributed by atoms with van der Waals surface area (Å²) in [6.45, 7) is 7.38. The fourth-order valence-electron chi connectivity index (χ4n) is 4.11. The Kier molecular flexibility index (Phi) is 7.04. The SMILES string of the molecule is Cc1c(C(=O)NCc2cccc(CN3CCOC(C)C3)c2)cnn1-c1cccc(C(F)(F)F)c1. The quantitative estimate of drug-likeness (QED) is 0.580. The second-order valence-corrected chi connectivity index (χ2v) is 8.52. The first-order chi connectivity index (χ1) is 16.2. The van der Waals surface area contributed by atoms with Gasteiger partial charge in [-0.3, -0.25) is 9.69 Å². The van der Waals surface area contributed by atoms with Crippen molar-refractivity contribution in [2.24, 2.45) is 0 Å². The third-order valence-corrected chi connectivity index (χ3v) is 5.85. The number of hydrogen-bond acceptors (Lipinski definition) is 4. The van der Waals surface area contributed by atoms with Crippen LogP contribution in [0.25, 0.3) is 5.69 Å². The van der Waals surface area contributed by atoms with E-state index in [-0.39, 0.29) is 17.7 Å². The number of alkyl halides is 3. The van der Waals surface area contributed by atoms with E-state index in [1.54, 1.807) is 6.92 Å². The van der Waals surface area contributed by atoms with Crippen molar-refractivity contribution in [1.29, 1.82) is 0 Å². The molecular weight excluding hydrogens is 445 g/mol. The molecule has 180 valence electrons. The molecular formula is C25H27F3N4O2. The van der Waals surface area contributed by atoms with Crippen LogP contribution in [-0.4, -0.2) is 46.4 Å². The molecule has 0 spiro atoms. The van der Waals surface area contributed by atoms with Crippen LogP contribution in [0.3, 0.4) is 0 Å². The summed E-state index contributed by atoms with van der Waals surface area (Å²) in [4.78, 5) is 15.1. The predicted octanol–water partition coefficient (Wildman–Crippen LogP) is 4.35. The van der Waals surface area contributed by atoms with Crippen molar-refractivity contribution in [3.8, 4) is 5.69 Å². The van der Waals surface area contributed by atoms with Gasteiger partial charge in [-0.2, -0.15) is 18.3 Å². The summed E-state index contributed by atoms with van der Waals surface area (Å²) >= 11 is 0. The van der Waals surface area contributed by atoms with E-state index in [9.17, 15) is 18.0 Å². The van der Waals surface area contributed by atoms with Crippen LogP contribution in [0.1, 0.15) is 39.7 Å². The summed E-state index contributed by atoms with van der Waals surface area (Å²) in [5.74, 6) is -0.330. The molecule has 0 radical (unpaired) electrons. The van der Waals surface area contributed by atoms with Crippen molar-refractivity contribution >= 4 is 5.91 Å². The highest BCUT2D eigenvalue weighted by Crippen LogP contribution is 2.30. The number of nitrogens with one attached hydrogen (secondary N) is 1. The summed E-state index contributed by atoms with van der Waals surface area (Å²) in [7, 11) is 0. The highest BCUT2D eigenvalue weighted by molar-refractivity contribution is 5.95. The maximum atomic E-state index is 13.1. The van der Waals surface area contributed by atoms with E-state index in [1.165, 1.54) is 23.0 Å². The zero-order chi connectivity index (χ0) is 24.3. The van der Waals surface area contributed by atoms with E-state index in [1.807, 2.05) is 12.1 Å². The van der Waals surface area contributed by atoms with Gasteiger partial charge in [0.05, 0.1) is 41.4 Å². The Labute approximate surface area is 196 Å². The molecule has 6 nitrogen and oxygen atoms in total. The van der Waals surface area contributed by atoms with Gasteiger partial charge in [0, 0.05) is 26.2 Å². The number of carbonyl (C=O) groups is 1. The number of halogens is 3. The van der Waals surface area contributed by atoms with Gasteiger partial charge in [0.15, 0.2) is 0 Å². The fourth-order valence-corrected chi connectivity index (χ4v) is 4.11. The van der Waals surface area contributed by atoms with Crippen molar-refractivity contribution in [1.82, 2.24) is 20.0 Å². The van der Waals surface area contributed by atoms with Crippen molar-refractivity contribution in [3.05, 3.63) is 82.7 Å². The standard InChI is InChI=1S/C25H27F3N4O2/c1-17-15-31(9-10-34-17)16-20-6-3-5-19(11-20)13-29-24(33)23-14-30-32(18(23)2)22-8-4-7-21(12-22)25(26,27)28/h3-8,11-12,14,17H,9-10,13,15-16H2,1-2H3,(H,29,33). The molecule has 34 heavy (non-hydrogen) atoms. The van der Waals surface area contributed by atoms with Crippen LogP contribution in [0, 0.1) is 6.92 Å². The monoisotopic (exact) mass is 472 g/mol. The molecule has 4 rings (SSSR count). The van der Waals surface area contributed by atoms with E-state index in [2.05, 4.69) is 34.4 Å². The van der Waals surface area contributed by atoms with Crippen molar-refractivity contribution < 1.29 is 22.7 Å². The third-order valence-electron chi connectivity index (χ3n) is 5.85. The van der Waals surface area contributed by atoms with E-state index in [0.29, 0.717) is 17.8 Å². The Morgan fingerprint density at radius 3 is 2.71 bits per heavy atom. The van der Waals surface area contributed by atoms with E-state index in [4.69, 9.17) is 4.74 Å². The molecule has 1 aromatic heterocycles. The van der Waals surface area contributed by atoms with Crippen LogP contribution in [-0.2, 0) is 24.0 Å². The third kappa shape index (κ3) is 5.66. The van der Waals surface area contributed by atoms with Gasteiger partial charge in [-0.1, -0.05) is 30.3 Å². The van der Waals surface area contributed by atoms with Gasteiger partial charge in [0.2, 0.25) is 0 Å². The van der Waals surface area contributed by atoms with Gasteiger partial charge in [-0.05, 0) is 43.2 Å². The fraction of sp³-hybridized carbons (Fsp3) is 0.360. The number of carbonyl (C=O) groups excluding carboxylic acids is 1. The zero-order valence-corrected chi connectivity index (χ0v) is 19.1. The average Bonchev–Trinajstić information content (AvgIpc) is 3.19. The smallest absolute Gasteiger partial charge is 0.376 e. The average molecular weight is 473 g/mol. The van der Waals surface area contributed by atoms with Crippen LogP contribution in [0.2, 0.25) is 0 Å². The molecule has 1 saturated heterocycles. The Hall–Kier alpha value is -3.17. The number of rotatable bonds is 6. The Morgan fingerprint density at radius 1 is 1.18 bits per heavy atom. The van der Waals surface area contributed by atoms with Crippen molar-refractivity contribution in [2.45, 2.75) is 39.2 Å². The minimum Gasteiger partial charge on any atom is -0.376 e. The molecule has 1 N–H and O–H groups in total. The highest BCUT2D eigenvalue weighted by Gasteiger charge is 2.30. The number of morpholine rings is 1. The molecule has 1 unspecified atom stereocenters. The van der Waals surface area contributed by atoms with Crippen LogP contribution in [0.5, 0.6) is 0 Å². The Bertz CT molecular complexity index is 1160. The molecule has 2 aromatic carbocycles. The summed E-state index contributed by atoms with van der Waals surface area (Å²) < 4.78 is 46.1. The maximum absolute atomic E-state index is 13.1. The molecule has 3 aromatic rings. The van der Waals surface area contributed by atoms with E-state index >= 15 is 0 Å². The lowest BCUT2D eigenvalue weighted by Gasteiger charge is -2.31. The number of amides is 1. The first-order valence-electron chi connectivity index (χ1n) is 11.1. The molecule has 2 heterocycles. The van der Waals surface area contributed by atoms with Crippen LogP contribution < -0.4 is 5.32 Å².